The molecule has 5 nitrogen and oxygen atoms in total. The van der Waals surface area contributed by atoms with Crippen molar-refractivity contribution >= 4 is 17.2 Å². The second-order valence-electron chi connectivity index (χ2n) is 7.28. The lowest BCUT2D eigenvalue weighted by atomic mass is 10.0. The summed E-state index contributed by atoms with van der Waals surface area (Å²) in [4.78, 5) is 17.6. The lowest BCUT2D eigenvalue weighted by Crippen LogP contribution is -2.14. The van der Waals surface area contributed by atoms with Gasteiger partial charge in [0.1, 0.15) is 11.4 Å². The number of hydrogen-bond acceptors (Lipinski definition) is 3. The van der Waals surface area contributed by atoms with Gasteiger partial charge in [-0.1, -0.05) is 17.7 Å². The quantitative estimate of drug-likeness (QED) is 0.526. The van der Waals surface area contributed by atoms with Crippen LogP contribution in [0.1, 0.15) is 27.0 Å². The lowest BCUT2D eigenvalue weighted by molar-refractivity contribution is 0.102. The van der Waals surface area contributed by atoms with Gasteiger partial charge in [0, 0.05) is 23.5 Å². The number of methoxy groups -OCH3 is 1. The highest BCUT2D eigenvalue weighted by Gasteiger charge is 2.14. The van der Waals surface area contributed by atoms with Gasteiger partial charge in [-0.05, 0) is 68.3 Å². The van der Waals surface area contributed by atoms with Crippen LogP contribution in [0.4, 0.5) is 5.69 Å². The number of imidazole rings is 1. The van der Waals surface area contributed by atoms with E-state index in [2.05, 4.69) is 5.32 Å². The molecule has 4 aromatic rings. The number of hydrogen-bond donors (Lipinski definition) is 1. The summed E-state index contributed by atoms with van der Waals surface area (Å²) in [6, 6.07) is 15.6. The number of ether oxygens (including phenoxy) is 1. The number of carbonyl (C=O) groups is 1. The van der Waals surface area contributed by atoms with Crippen LogP contribution in [0, 0.1) is 20.8 Å². The van der Waals surface area contributed by atoms with Gasteiger partial charge in [0.25, 0.3) is 5.91 Å². The maximum atomic E-state index is 12.9. The van der Waals surface area contributed by atoms with Gasteiger partial charge >= 0.3 is 0 Å². The fraction of sp³-hybridized carbons (Fsp3) is 0.167. The molecule has 0 saturated carbocycles. The highest BCUT2D eigenvalue weighted by molar-refractivity contribution is 6.06. The summed E-state index contributed by atoms with van der Waals surface area (Å²) in [6.45, 7) is 5.99. The number of nitrogens with one attached hydrogen (secondary N) is 1. The van der Waals surface area contributed by atoms with Gasteiger partial charge in [-0.3, -0.25) is 4.79 Å². The third-order valence-electron chi connectivity index (χ3n) is 4.99. The molecule has 0 aliphatic heterocycles. The topological polar surface area (TPSA) is 55.6 Å². The minimum Gasteiger partial charge on any atom is -0.495 e. The average Bonchev–Trinajstić information content (AvgIpc) is 3.11. The molecule has 0 aliphatic carbocycles. The van der Waals surface area contributed by atoms with Gasteiger partial charge in [0.2, 0.25) is 0 Å². The zero-order valence-corrected chi connectivity index (χ0v) is 17.0. The van der Waals surface area contributed by atoms with Crippen LogP contribution in [-0.4, -0.2) is 22.4 Å². The van der Waals surface area contributed by atoms with Crippen LogP contribution in [0.3, 0.4) is 0 Å². The Bertz CT molecular complexity index is 1220. The molecule has 0 unspecified atom stereocenters. The van der Waals surface area contributed by atoms with Crippen molar-refractivity contribution in [3.63, 3.8) is 0 Å². The van der Waals surface area contributed by atoms with Crippen LogP contribution >= 0.6 is 0 Å². The SMILES string of the molecule is COc1ccc(-c2cn3ccc(C)cc3n2)cc1NC(=O)c1ccc(C)cc1C. The maximum Gasteiger partial charge on any atom is 0.256 e. The van der Waals surface area contributed by atoms with Crippen LogP contribution in [0.2, 0.25) is 0 Å². The molecule has 0 saturated heterocycles. The van der Waals surface area contributed by atoms with Crippen LogP contribution in [0.25, 0.3) is 16.9 Å². The smallest absolute Gasteiger partial charge is 0.256 e. The number of benzene rings is 2. The predicted octanol–water partition coefficient (Wildman–Crippen LogP) is 5.19. The summed E-state index contributed by atoms with van der Waals surface area (Å²) in [6.07, 6.45) is 3.97. The molecule has 29 heavy (non-hydrogen) atoms. The van der Waals surface area contributed by atoms with E-state index in [1.165, 1.54) is 0 Å². The molecule has 146 valence electrons. The molecule has 4 rings (SSSR count). The molecule has 1 N–H and O–H groups in total. The first-order valence-electron chi connectivity index (χ1n) is 9.47. The number of fused-ring (bicyclic) bond motifs is 1. The Morgan fingerprint density at radius 2 is 1.79 bits per heavy atom. The van der Waals surface area contributed by atoms with E-state index in [0.29, 0.717) is 17.0 Å². The third-order valence-corrected chi connectivity index (χ3v) is 4.99. The Balaban J connectivity index is 1.70. The van der Waals surface area contributed by atoms with Crippen molar-refractivity contribution in [2.45, 2.75) is 20.8 Å². The molecule has 5 heteroatoms. The first-order chi connectivity index (χ1) is 13.9. The second-order valence-corrected chi connectivity index (χ2v) is 7.28. The summed E-state index contributed by atoms with van der Waals surface area (Å²) in [5.74, 6) is 0.440. The predicted molar refractivity (Wildman–Crippen MR) is 116 cm³/mol. The molecule has 0 radical (unpaired) electrons. The third kappa shape index (κ3) is 3.72. The van der Waals surface area contributed by atoms with E-state index in [1.807, 2.05) is 86.1 Å². The first kappa shape index (κ1) is 18.7. The van der Waals surface area contributed by atoms with Crippen molar-refractivity contribution in [1.29, 1.82) is 0 Å². The average molecular weight is 385 g/mol. The molecular weight excluding hydrogens is 362 g/mol. The zero-order valence-electron chi connectivity index (χ0n) is 17.0. The number of pyridine rings is 1. The molecule has 0 bridgehead atoms. The Hall–Kier alpha value is -3.60. The first-order valence-corrected chi connectivity index (χ1v) is 9.47. The van der Waals surface area contributed by atoms with Crippen LogP contribution < -0.4 is 10.1 Å². The summed E-state index contributed by atoms with van der Waals surface area (Å²) in [7, 11) is 1.59. The van der Waals surface area contributed by atoms with Crippen LogP contribution in [-0.2, 0) is 0 Å². The highest BCUT2D eigenvalue weighted by atomic mass is 16.5. The Labute approximate surface area is 170 Å². The monoisotopic (exact) mass is 385 g/mol. The van der Waals surface area contributed by atoms with Crippen molar-refractivity contribution in [1.82, 2.24) is 9.38 Å². The minimum absolute atomic E-state index is 0.163. The standard InChI is InChI=1S/C24H23N3O2/c1-15-5-7-19(17(3)11-15)24(28)26-20-13-18(6-8-22(20)29-4)21-14-27-10-9-16(2)12-23(27)25-21/h5-14H,1-4H3,(H,26,28). The molecule has 0 spiro atoms. The minimum atomic E-state index is -0.163. The van der Waals surface area contributed by atoms with Gasteiger partial charge in [-0.25, -0.2) is 4.98 Å². The Morgan fingerprint density at radius 1 is 1.00 bits per heavy atom. The van der Waals surface area contributed by atoms with Crippen molar-refractivity contribution in [2.24, 2.45) is 0 Å². The molecule has 2 heterocycles. The zero-order chi connectivity index (χ0) is 20.5. The van der Waals surface area contributed by atoms with Gasteiger partial charge in [0.05, 0.1) is 18.5 Å². The molecular formula is C24H23N3O2. The number of rotatable bonds is 4. The number of aryl methyl sites for hydroxylation is 3. The summed E-state index contributed by atoms with van der Waals surface area (Å²) >= 11 is 0. The summed E-state index contributed by atoms with van der Waals surface area (Å²) in [5, 5.41) is 2.99. The number of nitrogens with zero attached hydrogens (tertiary/aromatic N) is 2. The normalized spacial score (nSPS) is 10.9. The Morgan fingerprint density at radius 3 is 2.55 bits per heavy atom. The fourth-order valence-corrected chi connectivity index (χ4v) is 3.45. The number of anilines is 1. The number of amides is 1. The molecule has 0 atom stereocenters. The fourth-order valence-electron chi connectivity index (χ4n) is 3.45. The van der Waals surface area contributed by atoms with E-state index in [0.717, 1.165) is 33.6 Å². The lowest BCUT2D eigenvalue weighted by Gasteiger charge is -2.13. The van der Waals surface area contributed by atoms with Gasteiger partial charge in [-0.2, -0.15) is 0 Å². The van der Waals surface area contributed by atoms with E-state index < -0.39 is 0 Å². The molecule has 2 aromatic heterocycles. The van der Waals surface area contributed by atoms with E-state index >= 15 is 0 Å². The van der Waals surface area contributed by atoms with E-state index in [9.17, 15) is 4.79 Å². The maximum absolute atomic E-state index is 12.9. The van der Waals surface area contributed by atoms with Crippen LogP contribution in [0.15, 0.2) is 60.9 Å². The van der Waals surface area contributed by atoms with Crippen molar-refractivity contribution in [3.8, 4) is 17.0 Å². The molecule has 2 aromatic carbocycles. The summed E-state index contributed by atoms with van der Waals surface area (Å²) < 4.78 is 7.44. The largest absolute Gasteiger partial charge is 0.495 e. The number of aromatic nitrogens is 2. The van der Waals surface area contributed by atoms with Gasteiger partial charge in [-0.15, -0.1) is 0 Å². The Kier molecular flexibility index (Phi) is 4.80. The van der Waals surface area contributed by atoms with Crippen LogP contribution in [0.5, 0.6) is 5.75 Å². The number of carbonyl (C=O) groups excluding carboxylic acids is 1. The van der Waals surface area contributed by atoms with E-state index in [1.54, 1.807) is 7.11 Å². The van der Waals surface area contributed by atoms with Gasteiger partial charge < -0.3 is 14.5 Å². The molecule has 0 fully saturated rings. The van der Waals surface area contributed by atoms with Crippen molar-refractivity contribution in [2.75, 3.05) is 12.4 Å². The molecule has 0 aliphatic rings. The van der Waals surface area contributed by atoms with Crippen molar-refractivity contribution in [3.05, 3.63) is 83.2 Å². The van der Waals surface area contributed by atoms with Gasteiger partial charge in [0.15, 0.2) is 0 Å². The molecule has 1 amide bonds. The second kappa shape index (κ2) is 7.43. The summed E-state index contributed by atoms with van der Waals surface area (Å²) in [5.41, 5.74) is 7.11. The van der Waals surface area contributed by atoms with Crippen molar-refractivity contribution < 1.29 is 9.53 Å². The van der Waals surface area contributed by atoms with E-state index in [4.69, 9.17) is 9.72 Å². The highest BCUT2D eigenvalue weighted by Crippen LogP contribution is 2.31. The van der Waals surface area contributed by atoms with E-state index in [-0.39, 0.29) is 5.91 Å².